The van der Waals surface area contributed by atoms with E-state index in [2.05, 4.69) is 11.4 Å². The van der Waals surface area contributed by atoms with Gasteiger partial charge < -0.3 is 14.8 Å². The van der Waals surface area contributed by atoms with Gasteiger partial charge in [-0.15, -0.1) is 0 Å². The number of ether oxygens (including phenoxy) is 2. The molecule has 92 valence electrons. The highest BCUT2D eigenvalue weighted by molar-refractivity contribution is 5.56. The topological polar surface area (TPSA) is 30.5 Å². The first-order valence-electron chi connectivity index (χ1n) is 6.41. The molecule has 1 aliphatic carbocycles. The van der Waals surface area contributed by atoms with Gasteiger partial charge in [0.2, 0.25) is 5.79 Å². The molecule has 3 rings (SSSR count). The van der Waals surface area contributed by atoms with E-state index in [0.29, 0.717) is 6.04 Å². The molecule has 1 aromatic rings. The molecule has 0 radical (unpaired) electrons. The van der Waals surface area contributed by atoms with E-state index in [4.69, 9.17) is 9.47 Å². The smallest absolute Gasteiger partial charge is 0.246 e. The quantitative estimate of drug-likeness (QED) is 0.847. The predicted molar refractivity (Wildman–Crippen MR) is 67.7 cm³/mol. The van der Waals surface area contributed by atoms with E-state index in [1.54, 1.807) is 0 Å². The van der Waals surface area contributed by atoms with Crippen LogP contribution < -0.4 is 14.8 Å². The summed E-state index contributed by atoms with van der Waals surface area (Å²) in [6.07, 6.45) is 5.24. The van der Waals surface area contributed by atoms with Crippen molar-refractivity contribution in [3.05, 3.63) is 18.2 Å². The van der Waals surface area contributed by atoms with E-state index in [-0.39, 0.29) is 0 Å². The first kappa shape index (κ1) is 10.8. The zero-order chi connectivity index (χ0) is 11.9. The highest BCUT2D eigenvalue weighted by Gasteiger charge is 2.31. The minimum atomic E-state index is -0.533. The third-order valence-electron chi connectivity index (χ3n) is 3.38. The van der Waals surface area contributed by atoms with Crippen LogP contribution in [0.15, 0.2) is 18.2 Å². The largest absolute Gasteiger partial charge is 0.449 e. The van der Waals surface area contributed by atoms with Gasteiger partial charge in [0, 0.05) is 31.6 Å². The fraction of sp³-hybridized carbons (Fsp3) is 0.571. The summed E-state index contributed by atoms with van der Waals surface area (Å²) in [5, 5.41) is 3.56. The number of hydrogen-bond donors (Lipinski definition) is 1. The molecule has 1 heterocycles. The lowest BCUT2D eigenvalue weighted by Crippen LogP contribution is -2.29. The Balaban J connectivity index is 1.76. The predicted octanol–water partition coefficient (Wildman–Crippen LogP) is 3.55. The number of nitrogens with one attached hydrogen (secondary N) is 1. The van der Waals surface area contributed by atoms with Crippen LogP contribution in [-0.4, -0.2) is 11.8 Å². The van der Waals surface area contributed by atoms with Gasteiger partial charge >= 0.3 is 0 Å². The zero-order valence-corrected chi connectivity index (χ0v) is 10.5. The van der Waals surface area contributed by atoms with E-state index in [1.807, 2.05) is 26.0 Å². The van der Waals surface area contributed by atoms with Crippen LogP contribution in [0.5, 0.6) is 11.5 Å². The van der Waals surface area contributed by atoms with Gasteiger partial charge in [-0.3, -0.25) is 0 Å². The van der Waals surface area contributed by atoms with Crippen molar-refractivity contribution >= 4 is 5.69 Å². The molecule has 3 nitrogen and oxygen atoms in total. The number of rotatable bonds is 2. The van der Waals surface area contributed by atoms with Crippen LogP contribution >= 0.6 is 0 Å². The lowest BCUT2D eigenvalue weighted by atomic mass is 10.2. The van der Waals surface area contributed by atoms with Crippen molar-refractivity contribution in [3.63, 3.8) is 0 Å². The first-order chi connectivity index (χ1) is 8.12. The average molecular weight is 233 g/mol. The van der Waals surface area contributed by atoms with Gasteiger partial charge in [-0.1, -0.05) is 12.8 Å². The van der Waals surface area contributed by atoms with Crippen LogP contribution in [0.2, 0.25) is 0 Å². The van der Waals surface area contributed by atoms with Crippen molar-refractivity contribution < 1.29 is 9.47 Å². The highest BCUT2D eigenvalue weighted by atomic mass is 16.7. The summed E-state index contributed by atoms with van der Waals surface area (Å²) in [7, 11) is 0. The van der Waals surface area contributed by atoms with Crippen LogP contribution in [0.1, 0.15) is 39.5 Å². The SMILES string of the molecule is CC1(C)Oc2ccc(NC3CCCC3)cc2O1. The molecule has 0 spiro atoms. The van der Waals surface area contributed by atoms with E-state index < -0.39 is 5.79 Å². The highest BCUT2D eigenvalue weighted by Crippen LogP contribution is 2.41. The summed E-state index contributed by atoms with van der Waals surface area (Å²) in [6, 6.07) is 6.73. The Morgan fingerprint density at radius 3 is 2.59 bits per heavy atom. The number of anilines is 1. The van der Waals surface area contributed by atoms with Crippen molar-refractivity contribution in [2.45, 2.75) is 51.4 Å². The second-order valence-corrected chi connectivity index (χ2v) is 5.39. The molecule has 0 bridgehead atoms. The Kier molecular flexibility index (Phi) is 2.42. The van der Waals surface area contributed by atoms with Crippen LogP contribution in [0.4, 0.5) is 5.69 Å². The van der Waals surface area contributed by atoms with E-state index in [9.17, 15) is 0 Å². The Morgan fingerprint density at radius 2 is 1.82 bits per heavy atom. The Morgan fingerprint density at radius 1 is 1.12 bits per heavy atom. The third-order valence-corrected chi connectivity index (χ3v) is 3.38. The average Bonchev–Trinajstić information content (AvgIpc) is 2.83. The third kappa shape index (κ3) is 2.19. The molecule has 1 aliphatic heterocycles. The van der Waals surface area contributed by atoms with Gasteiger partial charge in [0.1, 0.15) is 0 Å². The summed E-state index contributed by atoms with van der Waals surface area (Å²) < 4.78 is 11.4. The van der Waals surface area contributed by atoms with Crippen LogP contribution in [0.25, 0.3) is 0 Å². The molecule has 1 aromatic carbocycles. The molecule has 1 saturated carbocycles. The molecule has 1 fully saturated rings. The molecule has 0 saturated heterocycles. The molecule has 0 unspecified atom stereocenters. The van der Waals surface area contributed by atoms with Crippen molar-refractivity contribution in [1.82, 2.24) is 0 Å². The van der Waals surface area contributed by atoms with Crippen molar-refractivity contribution in [2.75, 3.05) is 5.32 Å². The van der Waals surface area contributed by atoms with Crippen molar-refractivity contribution in [3.8, 4) is 11.5 Å². The second kappa shape index (κ2) is 3.83. The fourth-order valence-corrected chi connectivity index (χ4v) is 2.62. The fourth-order valence-electron chi connectivity index (χ4n) is 2.62. The maximum absolute atomic E-state index is 5.74. The molecule has 2 aliphatic rings. The lowest BCUT2D eigenvalue weighted by molar-refractivity contribution is -0.0431. The minimum Gasteiger partial charge on any atom is -0.449 e. The first-order valence-corrected chi connectivity index (χ1v) is 6.41. The van der Waals surface area contributed by atoms with Gasteiger partial charge in [-0.2, -0.15) is 0 Å². The molecule has 3 heteroatoms. The van der Waals surface area contributed by atoms with Gasteiger partial charge in [0.05, 0.1) is 0 Å². The van der Waals surface area contributed by atoms with Crippen molar-refractivity contribution in [1.29, 1.82) is 0 Å². The van der Waals surface area contributed by atoms with Crippen LogP contribution in [0.3, 0.4) is 0 Å². The molecular weight excluding hydrogens is 214 g/mol. The summed E-state index contributed by atoms with van der Waals surface area (Å²) >= 11 is 0. The molecule has 0 atom stereocenters. The van der Waals surface area contributed by atoms with E-state index in [0.717, 1.165) is 17.2 Å². The zero-order valence-electron chi connectivity index (χ0n) is 10.5. The van der Waals surface area contributed by atoms with Gasteiger partial charge in [0.25, 0.3) is 0 Å². The van der Waals surface area contributed by atoms with Crippen LogP contribution in [0, 0.1) is 0 Å². The monoisotopic (exact) mass is 233 g/mol. The second-order valence-electron chi connectivity index (χ2n) is 5.39. The molecule has 0 amide bonds. The number of benzene rings is 1. The lowest BCUT2D eigenvalue weighted by Gasteiger charge is -2.16. The number of fused-ring (bicyclic) bond motifs is 1. The maximum Gasteiger partial charge on any atom is 0.246 e. The van der Waals surface area contributed by atoms with E-state index in [1.165, 1.54) is 25.7 Å². The Bertz CT molecular complexity index is 422. The molecule has 0 aromatic heterocycles. The number of hydrogen-bond acceptors (Lipinski definition) is 3. The summed E-state index contributed by atoms with van der Waals surface area (Å²) in [5.41, 5.74) is 1.14. The van der Waals surface area contributed by atoms with Crippen LogP contribution in [-0.2, 0) is 0 Å². The summed E-state index contributed by atoms with van der Waals surface area (Å²) in [5.74, 6) is 1.15. The van der Waals surface area contributed by atoms with Gasteiger partial charge in [0.15, 0.2) is 11.5 Å². The molecule has 17 heavy (non-hydrogen) atoms. The van der Waals surface area contributed by atoms with E-state index >= 15 is 0 Å². The van der Waals surface area contributed by atoms with Crippen molar-refractivity contribution in [2.24, 2.45) is 0 Å². The standard InChI is InChI=1S/C14H19NO2/c1-14(2)16-12-8-7-11(9-13(12)17-14)15-10-5-3-4-6-10/h7-10,15H,3-6H2,1-2H3. The molecular formula is C14H19NO2. The summed E-state index contributed by atoms with van der Waals surface area (Å²) in [6.45, 7) is 3.86. The Hall–Kier alpha value is -1.38. The minimum absolute atomic E-state index is 0.533. The van der Waals surface area contributed by atoms with Gasteiger partial charge in [-0.25, -0.2) is 0 Å². The normalized spacial score (nSPS) is 21.8. The Labute approximate surface area is 102 Å². The van der Waals surface area contributed by atoms with Gasteiger partial charge in [-0.05, 0) is 25.0 Å². The summed E-state index contributed by atoms with van der Waals surface area (Å²) in [4.78, 5) is 0. The molecule has 1 N–H and O–H groups in total. The maximum atomic E-state index is 5.74.